The van der Waals surface area contributed by atoms with E-state index in [0.717, 1.165) is 31.6 Å². The minimum Gasteiger partial charge on any atom is -0.399 e. The number of hydrogen-bond acceptors (Lipinski definition) is 3. The van der Waals surface area contributed by atoms with Gasteiger partial charge in [-0.1, -0.05) is 0 Å². The first kappa shape index (κ1) is 11.1. The summed E-state index contributed by atoms with van der Waals surface area (Å²) in [7, 11) is 0. The molecule has 0 unspecified atom stereocenters. The molecule has 0 radical (unpaired) electrons. The molecule has 86 valence electrons. The van der Waals surface area contributed by atoms with Crippen LogP contribution in [0.15, 0.2) is 24.3 Å². The molecule has 1 saturated heterocycles. The summed E-state index contributed by atoms with van der Waals surface area (Å²) < 4.78 is 5.27. The monoisotopic (exact) mass is 219 g/mol. The Labute approximate surface area is 95.6 Å². The zero-order chi connectivity index (χ0) is 11.4. The van der Waals surface area contributed by atoms with E-state index in [1.54, 1.807) is 24.3 Å². The first-order chi connectivity index (χ1) is 7.75. The van der Waals surface area contributed by atoms with Crippen molar-refractivity contribution in [2.45, 2.75) is 19.3 Å². The normalized spacial score (nSPS) is 17.2. The van der Waals surface area contributed by atoms with Gasteiger partial charge < -0.3 is 10.5 Å². The predicted octanol–water partition coefficient (Wildman–Crippen LogP) is 2.27. The third-order valence-electron chi connectivity index (χ3n) is 3.05. The van der Waals surface area contributed by atoms with E-state index in [4.69, 9.17) is 10.5 Å². The molecule has 1 aliphatic rings. The van der Waals surface area contributed by atoms with Crippen LogP contribution in [0.4, 0.5) is 5.69 Å². The SMILES string of the molecule is Nc1ccc(C(=O)CC2CCOCC2)cc1. The van der Waals surface area contributed by atoms with E-state index >= 15 is 0 Å². The molecule has 0 atom stereocenters. The zero-order valence-electron chi connectivity index (χ0n) is 9.32. The second kappa shape index (κ2) is 5.12. The van der Waals surface area contributed by atoms with Gasteiger partial charge in [-0.25, -0.2) is 0 Å². The van der Waals surface area contributed by atoms with Crippen molar-refractivity contribution in [3.05, 3.63) is 29.8 Å². The summed E-state index contributed by atoms with van der Waals surface area (Å²) in [5.74, 6) is 0.700. The summed E-state index contributed by atoms with van der Waals surface area (Å²) in [6, 6.07) is 7.16. The van der Waals surface area contributed by atoms with Crippen LogP contribution in [0.1, 0.15) is 29.6 Å². The molecule has 0 amide bonds. The first-order valence-corrected chi connectivity index (χ1v) is 5.72. The summed E-state index contributed by atoms with van der Waals surface area (Å²) in [6.07, 6.45) is 2.63. The summed E-state index contributed by atoms with van der Waals surface area (Å²) >= 11 is 0. The Kier molecular flexibility index (Phi) is 3.57. The number of Topliss-reactive ketones (excluding diaryl/α,β-unsaturated/α-hetero) is 1. The molecule has 0 bridgehead atoms. The molecule has 0 saturated carbocycles. The van der Waals surface area contributed by atoms with Gasteiger partial charge in [0.25, 0.3) is 0 Å². The third kappa shape index (κ3) is 2.83. The minimum absolute atomic E-state index is 0.215. The number of anilines is 1. The van der Waals surface area contributed by atoms with E-state index in [1.165, 1.54) is 0 Å². The largest absolute Gasteiger partial charge is 0.399 e. The van der Waals surface area contributed by atoms with E-state index in [9.17, 15) is 4.79 Å². The number of nitrogens with two attached hydrogens (primary N) is 1. The van der Waals surface area contributed by atoms with Crippen LogP contribution in [-0.4, -0.2) is 19.0 Å². The van der Waals surface area contributed by atoms with Crippen LogP contribution in [0.2, 0.25) is 0 Å². The average Bonchev–Trinajstić information content (AvgIpc) is 2.31. The molecule has 2 rings (SSSR count). The minimum atomic E-state index is 0.215. The van der Waals surface area contributed by atoms with Crippen molar-refractivity contribution in [3.8, 4) is 0 Å². The van der Waals surface area contributed by atoms with Gasteiger partial charge in [0.15, 0.2) is 5.78 Å². The molecule has 3 nitrogen and oxygen atoms in total. The van der Waals surface area contributed by atoms with Gasteiger partial charge in [0, 0.05) is 30.9 Å². The van der Waals surface area contributed by atoms with Gasteiger partial charge in [-0.05, 0) is 43.0 Å². The van der Waals surface area contributed by atoms with Crippen LogP contribution in [0, 0.1) is 5.92 Å². The Morgan fingerprint density at radius 1 is 1.25 bits per heavy atom. The molecule has 1 aliphatic heterocycles. The maximum Gasteiger partial charge on any atom is 0.163 e. The van der Waals surface area contributed by atoms with Crippen molar-refractivity contribution >= 4 is 11.5 Å². The van der Waals surface area contributed by atoms with Gasteiger partial charge in [-0.2, -0.15) is 0 Å². The molecule has 1 aromatic carbocycles. The van der Waals surface area contributed by atoms with Crippen LogP contribution >= 0.6 is 0 Å². The van der Waals surface area contributed by atoms with E-state index in [-0.39, 0.29) is 5.78 Å². The fourth-order valence-electron chi connectivity index (χ4n) is 2.00. The topological polar surface area (TPSA) is 52.3 Å². The number of carbonyl (C=O) groups is 1. The van der Waals surface area contributed by atoms with Crippen LogP contribution < -0.4 is 5.73 Å². The molecule has 0 aliphatic carbocycles. The molecular formula is C13H17NO2. The van der Waals surface area contributed by atoms with E-state index in [0.29, 0.717) is 18.0 Å². The Bertz CT molecular complexity index is 353. The van der Waals surface area contributed by atoms with Crippen molar-refractivity contribution in [2.75, 3.05) is 18.9 Å². The van der Waals surface area contributed by atoms with Crippen LogP contribution in [-0.2, 0) is 4.74 Å². The summed E-state index contributed by atoms with van der Waals surface area (Å²) in [6.45, 7) is 1.58. The highest BCUT2D eigenvalue weighted by Crippen LogP contribution is 2.21. The Balaban J connectivity index is 1.94. The summed E-state index contributed by atoms with van der Waals surface area (Å²) in [5.41, 5.74) is 7.04. The number of benzene rings is 1. The van der Waals surface area contributed by atoms with Gasteiger partial charge in [-0.3, -0.25) is 4.79 Å². The van der Waals surface area contributed by atoms with Crippen molar-refractivity contribution in [1.29, 1.82) is 0 Å². The molecule has 1 heterocycles. The molecule has 1 aromatic rings. The molecule has 1 fully saturated rings. The molecule has 2 N–H and O–H groups in total. The molecule has 0 spiro atoms. The number of ketones is 1. The third-order valence-corrected chi connectivity index (χ3v) is 3.05. The quantitative estimate of drug-likeness (QED) is 0.626. The van der Waals surface area contributed by atoms with Crippen molar-refractivity contribution in [1.82, 2.24) is 0 Å². The van der Waals surface area contributed by atoms with Crippen LogP contribution in [0.5, 0.6) is 0 Å². The van der Waals surface area contributed by atoms with Crippen LogP contribution in [0.3, 0.4) is 0 Å². The maximum absolute atomic E-state index is 11.9. The maximum atomic E-state index is 11.9. The first-order valence-electron chi connectivity index (χ1n) is 5.72. The van der Waals surface area contributed by atoms with Crippen LogP contribution in [0.25, 0.3) is 0 Å². The lowest BCUT2D eigenvalue weighted by Crippen LogP contribution is -2.18. The summed E-state index contributed by atoms with van der Waals surface area (Å²) in [5, 5.41) is 0. The lowest BCUT2D eigenvalue weighted by molar-refractivity contribution is 0.0601. The standard InChI is InChI=1S/C13H17NO2/c14-12-3-1-11(2-4-12)13(15)9-10-5-7-16-8-6-10/h1-4,10H,5-9,14H2. The number of carbonyl (C=O) groups excluding carboxylic acids is 1. The number of rotatable bonds is 3. The van der Waals surface area contributed by atoms with E-state index in [2.05, 4.69) is 0 Å². The van der Waals surface area contributed by atoms with Gasteiger partial charge in [0.1, 0.15) is 0 Å². The van der Waals surface area contributed by atoms with Gasteiger partial charge in [-0.15, -0.1) is 0 Å². The van der Waals surface area contributed by atoms with Crippen molar-refractivity contribution in [2.24, 2.45) is 5.92 Å². The van der Waals surface area contributed by atoms with E-state index < -0.39 is 0 Å². The lowest BCUT2D eigenvalue weighted by atomic mass is 9.92. The molecule has 3 heteroatoms. The highest BCUT2D eigenvalue weighted by atomic mass is 16.5. The molecule has 16 heavy (non-hydrogen) atoms. The number of nitrogen functional groups attached to an aromatic ring is 1. The zero-order valence-corrected chi connectivity index (χ0v) is 9.32. The molecule has 0 aromatic heterocycles. The van der Waals surface area contributed by atoms with Crippen molar-refractivity contribution < 1.29 is 9.53 Å². The summed E-state index contributed by atoms with van der Waals surface area (Å²) in [4.78, 5) is 11.9. The second-order valence-corrected chi connectivity index (χ2v) is 4.31. The highest BCUT2D eigenvalue weighted by Gasteiger charge is 2.18. The lowest BCUT2D eigenvalue weighted by Gasteiger charge is -2.21. The smallest absolute Gasteiger partial charge is 0.163 e. The fourth-order valence-corrected chi connectivity index (χ4v) is 2.00. The van der Waals surface area contributed by atoms with Gasteiger partial charge in [0.2, 0.25) is 0 Å². The fraction of sp³-hybridized carbons (Fsp3) is 0.462. The molecular weight excluding hydrogens is 202 g/mol. The second-order valence-electron chi connectivity index (χ2n) is 4.31. The average molecular weight is 219 g/mol. The van der Waals surface area contributed by atoms with Gasteiger partial charge >= 0.3 is 0 Å². The Morgan fingerprint density at radius 2 is 1.88 bits per heavy atom. The van der Waals surface area contributed by atoms with E-state index in [1.807, 2.05) is 0 Å². The Morgan fingerprint density at radius 3 is 2.50 bits per heavy atom. The highest BCUT2D eigenvalue weighted by molar-refractivity contribution is 5.96. The number of ether oxygens (including phenoxy) is 1. The van der Waals surface area contributed by atoms with Gasteiger partial charge in [0.05, 0.1) is 0 Å². The predicted molar refractivity (Wildman–Crippen MR) is 63.3 cm³/mol. The Hall–Kier alpha value is -1.35. The number of hydrogen-bond donors (Lipinski definition) is 1. The van der Waals surface area contributed by atoms with Crippen molar-refractivity contribution in [3.63, 3.8) is 0 Å².